The Balaban J connectivity index is 2.53. The average Bonchev–Trinajstić information content (AvgIpc) is 2.34. The van der Waals surface area contributed by atoms with Crippen molar-refractivity contribution in [1.29, 1.82) is 0 Å². The summed E-state index contributed by atoms with van der Waals surface area (Å²) in [6.45, 7) is 6.95. The number of rotatable bonds is 7. The van der Waals surface area contributed by atoms with Crippen LogP contribution < -0.4 is 0 Å². The molecule has 0 saturated carbocycles. The third-order valence-electron chi connectivity index (χ3n) is 3.13. The lowest BCUT2D eigenvalue weighted by Gasteiger charge is -2.24. The van der Waals surface area contributed by atoms with Crippen molar-refractivity contribution in [3.63, 3.8) is 0 Å². The number of aryl methyl sites for hydroxylation is 1. The minimum atomic E-state index is -0.122. The highest BCUT2D eigenvalue weighted by molar-refractivity contribution is 9.09. The number of ether oxygens (including phenoxy) is 2. The summed E-state index contributed by atoms with van der Waals surface area (Å²) in [5, 5.41) is 0.809. The van der Waals surface area contributed by atoms with Crippen molar-refractivity contribution in [2.24, 2.45) is 0 Å². The molecule has 0 aliphatic carbocycles. The summed E-state index contributed by atoms with van der Waals surface area (Å²) in [5.41, 5.74) is 2.37. The molecule has 0 bridgehead atoms. The van der Waals surface area contributed by atoms with E-state index in [0.717, 1.165) is 11.8 Å². The summed E-state index contributed by atoms with van der Waals surface area (Å²) in [4.78, 5) is 0. The van der Waals surface area contributed by atoms with Gasteiger partial charge in [-0.2, -0.15) is 0 Å². The van der Waals surface area contributed by atoms with Crippen molar-refractivity contribution in [2.75, 3.05) is 19.0 Å². The van der Waals surface area contributed by atoms with Crippen LogP contribution in [0.25, 0.3) is 0 Å². The van der Waals surface area contributed by atoms with Gasteiger partial charge in [0.05, 0.1) is 18.3 Å². The Morgan fingerprint density at radius 1 is 1.33 bits per heavy atom. The lowest BCUT2D eigenvalue weighted by atomic mass is 10.1. The van der Waals surface area contributed by atoms with Crippen LogP contribution in [-0.4, -0.2) is 24.6 Å². The monoisotopic (exact) mass is 314 g/mol. The normalized spacial score (nSPS) is 13.6. The smallest absolute Gasteiger partial charge is 0.0921 e. The fraction of sp³-hybridized carbons (Fsp3) is 0.600. The SMILES string of the molecule is COC(C)(C)CCOC(CBr)c1cccc(C)c1. The molecule has 18 heavy (non-hydrogen) atoms. The Hall–Kier alpha value is -0.380. The van der Waals surface area contributed by atoms with E-state index in [2.05, 4.69) is 61.0 Å². The van der Waals surface area contributed by atoms with Crippen LogP contribution in [0.3, 0.4) is 0 Å². The van der Waals surface area contributed by atoms with E-state index in [1.165, 1.54) is 11.1 Å². The Morgan fingerprint density at radius 2 is 2.06 bits per heavy atom. The number of hydrogen-bond acceptors (Lipinski definition) is 2. The van der Waals surface area contributed by atoms with Crippen molar-refractivity contribution in [3.8, 4) is 0 Å². The molecule has 0 spiro atoms. The Bertz CT molecular complexity index is 363. The van der Waals surface area contributed by atoms with Gasteiger partial charge in [-0.15, -0.1) is 0 Å². The fourth-order valence-electron chi connectivity index (χ4n) is 1.65. The Kier molecular flexibility index (Phi) is 6.33. The topological polar surface area (TPSA) is 18.5 Å². The molecule has 1 aromatic carbocycles. The molecule has 0 aliphatic heterocycles. The molecule has 0 heterocycles. The molecule has 0 amide bonds. The zero-order chi connectivity index (χ0) is 13.6. The minimum Gasteiger partial charge on any atom is -0.379 e. The third kappa shape index (κ3) is 5.09. The maximum atomic E-state index is 5.94. The maximum Gasteiger partial charge on any atom is 0.0921 e. The first-order valence-corrected chi connectivity index (χ1v) is 7.40. The molecule has 0 aliphatic rings. The number of hydrogen-bond donors (Lipinski definition) is 0. The molecule has 1 rings (SSSR count). The van der Waals surface area contributed by atoms with Gasteiger partial charge in [-0.1, -0.05) is 45.8 Å². The molecule has 0 aromatic heterocycles. The van der Waals surface area contributed by atoms with Crippen molar-refractivity contribution < 1.29 is 9.47 Å². The molecular formula is C15H23BrO2. The molecule has 0 saturated heterocycles. The second kappa shape index (κ2) is 7.27. The lowest BCUT2D eigenvalue weighted by molar-refractivity contribution is -0.0228. The second-order valence-electron chi connectivity index (χ2n) is 5.14. The first kappa shape index (κ1) is 15.7. The Morgan fingerprint density at radius 3 is 2.61 bits per heavy atom. The number of halogens is 1. The van der Waals surface area contributed by atoms with Crippen LogP contribution in [0.5, 0.6) is 0 Å². The highest BCUT2D eigenvalue weighted by Gasteiger charge is 2.18. The third-order valence-corrected chi connectivity index (χ3v) is 3.72. The lowest BCUT2D eigenvalue weighted by Crippen LogP contribution is -2.25. The van der Waals surface area contributed by atoms with Gasteiger partial charge < -0.3 is 9.47 Å². The maximum absolute atomic E-state index is 5.94. The molecule has 0 fully saturated rings. The summed E-state index contributed by atoms with van der Waals surface area (Å²) in [6, 6.07) is 8.46. The van der Waals surface area contributed by atoms with Gasteiger partial charge in [0, 0.05) is 12.4 Å². The largest absolute Gasteiger partial charge is 0.379 e. The quantitative estimate of drug-likeness (QED) is 0.700. The number of alkyl halides is 1. The molecule has 102 valence electrons. The van der Waals surface area contributed by atoms with Gasteiger partial charge in [-0.3, -0.25) is 0 Å². The first-order valence-electron chi connectivity index (χ1n) is 6.28. The van der Waals surface area contributed by atoms with Crippen LogP contribution in [0.4, 0.5) is 0 Å². The summed E-state index contributed by atoms with van der Waals surface area (Å²) in [7, 11) is 1.74. The predicted molar refractivity (Wildman–Crippen MR) is 79.4 cm³/mol. The molecule has 1 aromatic rings. The van der Waals surface area contributed by atoms with Crippen LogP contribution in [0, 0.1) is 6.92 Å². The van der Waals surface area contributed by atoms with Gasteiger partial charge in [0.1, 0.15) is 0 Å². The molecule has 1 unspecified atom stereocenters. The molecule has 0 radical (unpaired) electrons. The molecule has 3 heteroatoms. The molecule has 1 atom stereocenters. The van der Waals surface area contributed by atoms with E-state index in [1.807, 2.05) is 0 Å². The van der Waals surface area contributed by atoms with Crippen LogP contribution in [0.1, 0.15) is 37.5 Å². The average molecular weight is 315 g/mol. The van der Waals surface area contributed by atoms with E-state index < -0.39 is 0 Å². The summed E-state index contributed by atoms with van der Waals surface area (Å²) < 4.78 is 11.3. The van der Waals surface area contributed by atoms with E-state index in [-0.39, 0.29) is 11.7 Å². The zero-order valence-corrected chi connectivity index (χ0v) is 13.3. The minimum absolute atomic E-state index is 0.109. The van der Waals surface area contributed by atoms with E-state index in [9.17, 15) is 0 Å². The van der Waals surface area contributed by atoms with Gasteiger partial charge in [0.2, 0.25) is 0 Å². The predicted octanol–water partition coefficient (Wildman–Crippen LogP) is 4.26. The van der Waals surface area contributed by atoms with Crippen molar-refractivity contribution in [3.05, 3.63) is 35.4 Å². The molecule has 0 N–H and O–H groups in total. The zero-order valence-electron chi connectivity index (χ0n) is 11.7. The van der Waals surface area contributed by atoms with E-state index >= 15 is 0 Å². The molecular weight excluding hydrogens is 292 g/mol. The summed E-state index contributed by atoms with van der Waals surface area (Å²) >= 11 is 3.52. The van der Waals surface area contributed by atoms with Gasteiger partial charge in [0.15, 0.2) is 0 Å². The highest BCUT2D eigenvalue weighted by Crippen LogP contribution is 2.22. The van der Waals surface area contributed by atoms with Gasteiger partial charge in [0.25, 0.3) is 0 Å². The van der Waals surface area contributed by atoms with Crippen molar-refractivity contribution in [2.45, 2.75) is 38.9 Å². The standard InChI is InChI=1S/C15H23BrO2/c1-12-6-5-7-13(10-12)14(11-16)18-9-8-15(2,3)17-4/h5-7,10,14H,8-9,11H2,1-4H3. The van der Waals surface area contributed by atoms with E-state index in [0.29, 0.717) is 6.61 Å². The van der Waals surface area contributed by atoms with Crippen LogP contribution in [0.15, 0.2) is 24.3 Å². The van der Waals surface area contributed by atoms with Gasteiger partial charge in [-0.05, 0) is 32.8 Å². The first-order chi connectivity index (χ1) is 8.48. The van der Waals surface area contributed by atoms with Crippen molar-refractivity contribution >= 4 is 15.9 Å². The highest BCUT2D eigenvalue weighted by atomic mass is 79.9. The van der Waals surface area contributed by atoms with Crippen LogP contribution in [0.2, 0.25) is 0 Å². The van der Waals surface area contributed by atoms with Crippen LogP contribution in [-0.2, 0) is 9.47 Å². The van der Waals surface area contributed by atoms with Gasteiger partial charge in [-0.25, -0.2) is 0 Å². The summed E-state index contributed by atoms with van der Waals surface area (Å²) in [5.74, 6) is 0. The molecule has 2 nitrogen and oxygen atoms in total. The Labute approximate surface area is 119 Å². The number of methoxy groups -OCH3 is 1. The van der Waals surface area contributed by atoms with Crippen molar-refractivity contribution in [1.82, 2.24) is 0 Å². The van der Waals surface area contributed by atoms with E-state index in [4.69, 9.17) is 9.47 Å². The summed E-state index contributed by atoms with van der Waals surface area (Å²) in [6.07, 6.45) is 0.997. The second-order valence-corrected chi connectivity index (χ2v) is 5.79. The van der Waals surface area contributed by atoms with Crippen LogP contribution >= 0.6 is 15.9 Å². The number of benzene rings is 1. The fourth-order valence-corrected chi connectivity index (χ4v) is 2.21. The van der Waals surface area contributed by atoms with E-state index in [1.54, 1.807) is 7.11 Å². The van der Waals surface area contributed by atoms with Gasteiger partial charge >= 0.3 is 0 Å².